The number of benzene rings is 1. The summed E-state index contributed by atoms with van der Waals surface area (Å²) in [5.41, 5.74) is 4.70. The number of rotatable bonds is 1. The highest BCUT2D eigenvalue weighted by Gasteiger charge is 2.16. The summed E-state index contributed by atoms with van der Waals surface area (Å²) >= 11 is 0. The third-order valence-corrected chi connectivity index (χ3v) is 4.01. The standard InChI is InChI=1S/C16H18N4/c1-12-4-5-14-13(11-12)18-16(15-3-2-8-20(14)15)19-9-6-17-7-10-19/h2-5,8,11,17H,6-7,9-10H2,1H3. The van der Waals surface area contributed by atoms with E-state index in [1.54, 1.807) is 0 Å². The Morgan fingerprint density at radius 2 is 1.95 bits per heavy atom. The smallest absolute Gasteiger partial charge is 0.153 e. The highest BCUT2D eigenvalue weighted by atomic mass is 15.2. The second kappa shape index (κ2) is 4.49. The maximum Gasteiger partial charge on any atom is 0.153 e. The summed E-state index contributed by atoms with van der Waals surface area (Å²) in [6.07, 6.45) is 2.13. The van der Waals surface area contributed by atoms with Crippen molar-refractivity contribution >= 4 is 22.4 Å². The van der Waals surface area contributed by atoms with Gasteiger partial charge >= 0.3 is 0 Å². The first-order chi connectivity index (χ1) is 9.83. The van der Waals surface area contributed by atoms with Gasteiger partial charge in [-0.2, -0.15) is 0 Å². The van der Waals surface area contributed by atoms with Crippen molar-refractivity contribution in [1.82, 2.24) is 14.7 Å². The molecule has 1 fully saturated rings. The first-order valence-corrected chi connectivity index (χ1v) is 7.16. The number of anilines is 1. The molecule has 4 heteroatoms. The highest BCUT2D eigenvalue weighted by molar-refractivity contribution is 5.85. The molecule has 0 atom stereocenters. The number of aromatic nitrogens is 2. The van der Waals surface area contributed by atoms with Gasteiger partial charge in [-0.25, -0.2) is 4.98 Å². The molecule has 2 aromatic heterocycles. The molecule has 0 saturated carbocycles. The lowest BCUT2D eigenvalue weighted by atomic mass is 10.2. The lowest BCUT2D eigenvalue weighted by Crippen LogP contribution is -2.44. The monoisotopic (exact) mass is 266 g/mol. The van der Waals surface area contributed by atoms with Gasteiger partial charge in [0.25, 0.3) is 0 Å². The Hall–Kier alpha value is -2.07. The van der Waals surface area contributed by atoms with Crippen molar-refractivity contribution in [2.75, 3.05) is 31.1 Å². The first-order valence-electron chi connectivity index (χ1n) is 7.16. The zero-order valence-electron chi connectivity index (χ0n) is 11.6. The van der Waals surface area contributed by atoms with Crippen molar-refractivity contribution in [3.05, 3.63) is 42.1 Å². The molecular weight excluding hydrogens is 248 g/mol. The molecule has 1 aliphatic heterocycles. The predicted octanol–water partition coefficient (Wildman–Crippen LogP) is 2.21. The number of nitrogens with zero attached hydrogens (tertiary/aromatic N) is 3. The van der Waals surface area contributed by atoms with E-state index in [2.05, 4.69) is 58.1 Å². The van der Waals surface area contributed by atoms with Crippen LogP contribution in [0.25, 0.3) is 16.6 Å². The van der Waals surface area contributed by atoms with Crippen molar-refractivity contribution in [2.24, 2.45) is 0 Å². The Labute approximate surface area is 118 Å². The summed E-state index contributed by atoms with van der Waals surface area (Å²) in [5.74, 6) is 1.11. The molecule has 1 saturated heterocycles. The molecule has 1 N–H and O–H groups in total. The SMILES string of the molecule is Cc1ccc2c(c1)nc(N1CCNCC1)c1cccn12. The van der Waals surface area contributed by atoms with Crippen LogP contribution >= 0.6 is 0 Å². The number of fused-ring (bicyclic) bond motifs is 3. The van der Waals surface area contributed by atoms with E-state index in [4.69, 9.17) is 4.98 Å². The van der Waals surface area contributed by atoms with Gasteiger partial charge < -0.3 is 14.6 Å². The molecule has 1 aromatic carbocycles. The largest absolute Gasteiger partial charge is 0.352 e. The predicted molar refractivity (Wildman–Crippen MR) is 82.5 cm³/mol. The van der Waals surface area contributed by atoms with Crippen molar-refractivity contribution in [1.29, 1.82) is 0 Å². The summed E-state index contributed by atoms with van der Waals surface area (Å²) < 4.78 is 2.25. The minimum Gasteiger partial charge on any atom is -0.352 e. The molecule has 3 heterocycles. The molecular formula is C16H18N4. The van der Waals surface area contributed by atoms with Crippen molar-refractivity contribution in [3.8, 4) is 0 Å². The normalized spacial score (nSPS) is 16.1. The average molecular weight is 266 g/mol. The van der Waals surface area contributed by atoms with Crippen molar-refractivity contribution in [2.45, 2.75) is 6.92 Å². The fourth-order valence-corrected chi connectivity index (χ4v) is 2.98. The van der Waals surface area contributed by atoms with Crippen LogP contribution in [0.3, 0.4) is 0 Å². The van der Waals surface area contributed by atoms with Gasteiger partial charge in [0.2, 0.25) is 0 Å². The Kier molecular flexibility index (Phi) is 2.63. The number of hydrogen-bond acceptors (Lipinski definition) is 3. The first kappa shape index (κ1) is 11.7. The van der Waals surface area contributed by atoms with Gasteiger partial charge in [0, 0.05) is 32.4 Å². The molecule has 0 unspecified atom stereocenters. The van der Waals surface area contributed by atoms with Crippen LogP contribution in [-0.2, 0) is 0 Å². The molecule has 4 nitrogen and oxygen atoms in total. The number of nitrogens with one attached hydrogen (secondary N) is 1. The quantitative estimate of drug-likeness (QED) is 0.733. The van der Waals surface area contributed by atoms with Crippen molar-refractivity contribution in [3.63, 3.8) is 0 Å². The average Bonchev–Trinajstić information content (AvgIpc) is 2.96. The van der Waals surface area contributed by atoms with Crippen LogP contribution in [0.4, 0.5) is 5.82 Å². The third-order valence-electron chi connectivity index (χ3n) is 4.01. The Balaban J connectivity index is 1.99. The zero-order valence-corrected chi connectivity index (χ0v) is 11.6. The van der Waals surface area contributed by atoms with Gasteiger partial charge in [0.05, 0.1) is 16.6 Å². The van der Waals surface area contributed by atoms with E-state index >= 15 is 0 Å². The number of aryl methyl sites for hydroxylation is 1. The van der Waals surface area contributed by atoms with Crippen LogP contribution in [0.2, 0.25) is 0 Å². The van der Waals surface area contributed by atoms with Gasteiger partial charge in [-0.15, -0.1) is 0 Å². The highest BCUT2D eigenvalue weighted by Crippen LogP contribution is 2.26. The summed E-state index contributed by atoms with van der Waals surface area (Å²) in [6.45, 7) is 6.21. The molecule has 20 heavy (non-hydrogen) atoms. The summed E-state index contributed by atoms with van der Waals surface area (Å²) in [7, 11) is 0. The molecule has 3 aromatic rings. The lowest BCUT2D eigenvalue weighted by molar-refractivity contribution is 0.586. The van der Waals surface area contributed by atoms with E-state index in [0.29, 0.717) is 0 Å². The van der Waals surface area contributed by atoms with Crippen molar-refractivity contribution < 1.29 is 0 Å². The van der Waals surface area contributed by atoms with Crippen LogP contribution in [0.15, 0.2) is 36.5 Å². The number of piperazine rings is 1. The fourth-order valence-electron chi connectivity index (χ4n) is 2.98. The van der Waals surface area contributed by atoms with E-state index in [9.17, 15) is 0 Å². The molecule has 1 aliphatic rings. The van der Waals surface area contributed by atoms with E-state index in [0.717, 1.165) is 37.5 Å². The van der Waals surface area contributed by atoms with E-state index in [1.807, 2.05) is 0 Å². The van der Waals surface area contributed by atoms with Gasteiger partial charge in [-0.1, -0.05) is 6.07 Å². The molecule has 0 amide bonds. The Bertz CT molecular complexity index is 769. The molecule has 0 spiro atoms. The third kappa shape index (κ3) is 1.76. The molecule has 0 radical (unpaired) electrons. The second-order valence-electron chi connectivity index (χ2n) is 5.43. The molecule has 102 valence electrons. The van der Waals surface area contributed by atoms with Crippen LogP contribution in [-0.4, -0.2) is 35.6 Å². The van der Waals surface area contributed by atoms with Crippen LogP contribution in [0, 0.1) is 6.92 Å². The Morgan fingerprint density at radius 3 is 2.80 bits per heavy atom. The van der Waals surface area contributed by atoms with E-state index < -0.39 is 0 Å². The lowest BCUT2D eigenvalue weighted by Gasteiger charge is -2.29. The van der Waals surface area contributed by atoms with Gasteiger partial charge in [0.15, 0.2) is 5.82 Å². The topological polar surface area (TPSA) is 32.6 Å². The Morgan fingerprint density at radius 1 is 1.10 bits per heavy atom. The second-order valence-corrected chi connectivity index (χ2v) is 5.43. The summed E-state index contributed by atoms with van der Waals surface area (Å²) in [4.78, 5) is 7.32. The van der Waals surface area contributed by atoms with Gasteiger partial charge in [0.1, 0.15) is 0 Å². The molecule has 4 rings (SSSR count). The number of hydrogen-bond donors (Lipinski definition) is 1. The van der Waals surface area contributed by atoms with Crippen LogP contribution in [0.5, 0.6) is 0 Å². The minimum absolute atomic E-state index is 1.02. The minimum atomic E-state index is 1.02. The van der Waals surface area contributed by atoms with Gasteiger partial charge in [-0.3, -0.25) is 0 Å². The van der Waals surface area contributed by atoms with Crippen LogP contribution < -0.4 is 10.2 Å². The molecule has 0 aliphatic carbocycles. The maximum atomic E-state index is 4.94. The van der Waals surface area contributed by atoms with Gasteiger partial charge in [-0.05, 0) is 36.8 Å². The summed E-state index contributed by atoms with van der Waals surface area (Å²) in [5, 5.41) is 3.40. The van der Waals surface area contributed by atoms with Crippen LogP contribution in [0.1, 0.15) is 5.56 Å². The van der Waals surface area contributed by atoms with E-state index in [-0.39, 0.29) is 0 Å². The maximum absolute atomic E-state index is 4.94. The summed E-state index contributed by atoms with van der Waals surface area (Å²) in [6, 6.07) is 10.7. The fraction of sp³-hybridized carbons (Fsp3) is 0.312. The van der Waals surface area contributed by atoms with E-state index in [1.165, 1.54) is 16.6 Å². The zero-order chi connectivity index (χ0) is 13.5. The molecule has 0 bridgehead atoms.